The number of rotatable bonds is 31. The molecule has 0 aromatic rings. The molecule has 0 aromatic heterocycles. The third-order valence-electron chi connectivity index (χ3n) is 10.0. The van der Waals surface area contributed by atoms with E-state index in [1.54, 1.807) is 0 Å². The largest absolute Gasteiger partial charge is 0.465 e. The lowest BCUT2D eigenvalue weighted by atomic mass is 9.74. The molecular formula is C40H78O4. The van der Waals surface area contributed by atoms with Crippen LogP contribution in [0.3, 0.4) is 0 Å². The van der Waals surface area contributed by atoms with Gasteiger partial charge in [-0.2, -0.15) is 0 Å². The molecule has 0 saturated carbocycles. The normalized spacial score (nSPS) is 14.5. The highest BCUT2D eigenvalue weighted by molar-refractivity contribution is 5.73. The average molecular weight is 623 g/mol. The highest BCUT2D eigenvalue weighted by atomic mass is 16.5. The molecule has 0 spiro atoms. The summed E-state index contributed by atoms with van der Waals surface area (Å²) < 4.78 is 11.5. The van der Waals surface area contributed by atoms with Crippen LogP contribution in [-0.2, 0) is 19.1 Å². The van der Waals surface area contributed by atoms with E-state index in [1.807, 2.05) is 0 Å². The third-order valence-corrected chi connectivity index (χ3v) is 10.0. The summed E-state index contributed by atoms with van der Waals surface area (Å²) in [6, 6.07) is 0. The number of hydrogen-bond donors (Lipinski definition) is 0. The first-order chi connectivity index (χ1) is 21.2. The molecule has 4 unspecified atom stereocenters. The summed E-state index contributed by atoms with van der Waals surface area (Å²) in [5, 5.41) is 0. The van der Waals surface area contributed by atoms with Crippen LogP contribution >= 0.6 is 0 Å². The number of ether oxygens (including phenoxy) is 2. The SMILES string of the molecule is CCCCC(CC)COC(=O)CCCCCCCCCCCCCCC(C(C)C)C(C(=O)OCC(CC)CCCC)C(C)C. The summed E-state index contributed by atoms with van der Waals surface area (Å²) >= 11 is 0. The first kappa shape index (κ1) is 42.9. The summed E-state index contributed by atoms with van der Waals surface area (Å²) in [5.41, 5.74) is 0. The number of hydrogen-bond acceptors (Lipinski definition) is 4. The molecule has 0 aliphatic rings. The van der Waals surface area contributed by atoms with E-state index < -0.39 is 0 Å². The molecule has 4 heteroatoms. The lowest BCUT2D eigenvalue weighted by Gasteiger charge is -2.32. The molecule has 0 fully saturated rings. The minimum Gasteiger partial charge on any atom is -0.465 e. The first-order valence-electron chi connectivity index (χ1n) is 19.5. The zero-order valence-corrected chi connectivity index (χ0v) is 31.1. The molecule has 4 atom stereocenters. The second-order valence-corrected chi connectivity index (χ2v) is 14.6. The van der Waals surface area contributed by atoms with Crippen LogP contribution in [0.15, 0.2) is 0 Å². The molecule has 0 aliphatic heterocycles. The van der Waals surface area contributed by atoms with Crippen LogP contribution < -0.4 is 0 Å². The van der Waals surface area contributed by atoms with Gasteiger partial charge in [0.25, 0.3) is 0 Å². The Hall–Kier alpha value is -1.06. The van der Waals surface area contributed by atoms with Crippen molar-refractivity contribution < 1.29 is 19.1 Å². The molecule has 44 heavy (non-hydrogen) atoms. The van der Waals surface area contributed by atoms with E-state index in [4.69, 9.17) is 9.47 Å². The van der Waals surface area contributed by atoms with Crippen LogP contribution in [0.1, 0.15) is 197 Å². The highest BCUT2D eigenvalue weighted by Crippen LogP contribution is 2.33. The summed E-state index contributed by atoms with van der Waals surface area (Å²) in [7, 11) is 0. The molecule has 0 amide bonds. The van der Waals surface area contributed by atoms with Crippen molar-refractivity contribution >= 4 is 11.9 Å². The fourth-order valence-electron chi connectivity index (χ4n) is 6.66. The number of unbranched alkanes of at least 4 members (excludes halogenated alkanes) is 13. The van der Waals surface area contributed by atoms with Gasteiger partial charge >= 0.3 is 11.9 Å². The maximum absolute atomic E-state index is 13.2. The number of esters is 2. The van der Waals surface area contributed by atoms with Crippen molar-refractivity contribution in [2.45, 2.75) is 197 Å². The van der Waals surface area contributed by atoms with Crippen molar-refractivity contribution in [3.8, 4) is 0 Å². The summed E-state index contributed by atoms with van der Waals surface area (Å²) in [4.78, 5) is 25.3. The standard InChI is InChI=1S/C40H78O4/c1-9-13-27-35(11-3)31-43-38(41)30-26-24-22-20-18-16-15-17-19-21-23-25-29-37(33(5)6)39(34(7)8)40(42)44-32-36(12-4)28-14-10-2/h33-37,39H,9-32H2,1-8H3. The van der Waals surface area contributed by atoms with E-state index in [2.05, 4.69) is 55.4 Å². The lowest BCUT2D eigenvalue weighted by molar-refractivity contribution is -0.155. The quantitative estimate of drug-likeness (QED) is 0.0570. The topological polar surface area (TPSA) is 52.6 Å². The van der Waals surface area contributed by atoms with E-state index in [0.717, 1.165) is 32.1 Å². The zero-order chi connectivity index (χ0) is 33.0. The highest BCUT2D eigenvalue weighted by Gasteiger charge is 2.34. The minimum atomic E-state index is 0.000172. The Labute approximate surface area is 276 Å². The van der Waals surface area contributed by atoms with Gasteiger partial charge in [0.1, 0.15) is 0 Å². The summed E-state index contributed by atoms with van der Waals surface area (Å²) in [6.07, 6.45) is 26.2. The van der Waals surface area contributed by atoms with Gasteiger partial charge in [0.15, 0.2) is 0 Å². The smallest absolute Gasteiger partial charge is 0.309 e. The molecule has 0 rings (SSSR count). The van der Waals surface area contributed by atoms with Crippen molar-refractivity contribution in [3.05, 3.63) is 0 Å². The van der Waals surface area contributed by atoms with Crippen LogP contribution in [0.2, 0.25) is 0 Å². The molecule has 0 saturated heterocycles. The van der Waals surface area contributed by atoms with Gasteiger partial charge in [0, 0.05) is 6.42 Å². The molecule has 0 N–H and O–H groups in total. The molecule has 0 bridgehead atoms. The van der Waals surface area contributed by atoms with Crippen LogP contribution in [0.5, 0.6) is 0 Å². The van der Waals surface area contributed by atoms with Gasteiger partial charge in [-0.25, -0.2) is 0 Å². The Balaban J connectivity index is 3.99. The van der Waals surface area contributed by atoms with Gasteiger partial charge in [-0.3, -0.25) is 9.59 Å². The third kappa shape index (κ3) is 22.4. The molecule has 0 radical (unpaired) electrons. The van der Waals surface area contributed by atoms with E-state index in [9.17, 15) is 9.59 Å². The molecule has 4 nitrogen and oxygen atoms in total. The minimum absolute atomic E-state index is 0.000172. The van der Waals surface area contributed by atoms with Crippen LogP contribution in [0.4, 0.5) is 0 Å². The monoisotopic (exact) mass is 623 g/mol. The molecular weight excluding hydrogens is 544 g/mol. The van der Waals surface area contributed by atoms with Gasteiger partial charge in [-0.05, 0) is 55.3 Å². The molecule has 0 heterocycles. The van der Waals surface area contributed by atoms with Crippen molar-refractivity contribution in [1.82, 2.24) is 0 Å². The van der Waals surface area contributed by atoms with Crippen molar-refractivity contribution in [1.29, 1.82) is 0 Å². The second kappa shape index (κ2) is 29.3. The molecule has 0 aromatic carbocycles. The van der Waals surface area contributed by atoms with Crippen LogP contribution in [0, 0.1) is 35.5 Å². The maximum Gasteiger partial charge on any atom is 0.309 e. The first-order valence-corrected chi connectivity index (χ1v) is 19.5. The summed E-state index contributed by atoms with van der Waals surface area (Å²) in [6.45, 7) is 19.0. The van der Waals surface area contributed by atoms with Gasteiger partial charge in [0.2, 0.25) is 0 Å². The van der Waals surface area contributed by atoms with Crippen LogP contribution in [-0.4, -0.2) is 25.2 Å². The Morgan fingerprint density at radius 3 is 1.34 bits per heavy atom. The molecule has 0 aliphatic carbocycles. The van der Waals surface area contributed by atoms with E-state index in [0.29, 0.717) is 49.2 Å². The van der Waals surface area contributed by atoms with Crippen molar-refractivity contribution in [3.63, 3.8) is 0 Å². The van der Waals surface area contributed by atoms with Crippen molar-refractivity contribution in [2.75, 3.05) is 13.2 Å². The Kier molecular flexibility index (Phi) is 28.6. The fourth-order valence-corrected chi connectivity index (χ4v) is 6.66. The number of carbonyl (C=O) groups excluding carboxylic acids is 2. The predicted octanol–water partition coefficient (Wildman–Crippen LogP) is 12.5. The maximum atomic E-state index is 13.2. The van der Waals surface area contributed by atoms with E-state index in [1.165, 1.54) is 103 Å². The fraction of sp³-hybridized carbons (Fsp3) is 0.950. The predicted molar refractivity (Wildman–Crippen MR) is 190 cm³/mol. The lowest BCUT2D eigenvalue weighted by Crippen LogP contribution is -2.34. The van der Waals surface area contributed by atoms with Gasteiger partial charge in [0.05, 0.1) is 19.1 Å². The molecule has 262 valence electrons. The van der Waals surface area contributed by atoms with Crippen LogP contribution in [0.25, 0.3) is 0 Å². The zero-order valence-electron chi connectivity index (χ0n) is 31.1. The Morgan fingerprint density at radius 1 is 0.500 bits per heavy atom. The summed E-state index contributed by atoms with van der Waals surface area (Å²) in [5.74, 6) is 2.34. The van der Waals surface area contributed by atoms with E-state index >= 15 is 0 Å². The Morgan fingerprint density at radius 2 is 0.932 bits per heavy atom. The van der Waals surface area contributed by atoms with Crippen molar-refractivity contribution in [2.24, 2.45) is 35.5 Å². The van der Waals surface area contributed by atoms with Gasteiger partial charge < -0.3 is 9.47 Å². The average Bonchev–Trinajstić information content (AvgIpc) is 3.00. The van der Waals surface area contributed by atoms with Gasteiger partial charge in [-0.1, -0.05) is 165 Å². The second-order valence-electron chi connectivity index (χ2n) is 14.6. The Bertz CT molecular complexity index is 658. The van der Waals surface area contributed by atoms with E-state index in [-0.39, 0.29) is 17.9 Å². The number of carbonyl (C=O) groups is 2. The van der Waals surface area contributed by atoms with Gasteiger partial charge in [-0.15, -0.1) is 0 Å².